The highest BCUT2D eigenvalue weighted by molar-refractivity contribution is 7.90. The summed E-state index contributed by atoms with van der Waals surface area (Å²) in [5.74, 6) is 2.50. The third-order valence-electron chi connectivity index (χ3n) is 4.38. The third-order valence-corrected chi connectivity index (χ3v) is 5.32. The van der Waals surface area contributed by atoms with E-state index in [4.69, 9.17) is 10.2 Å². The van der Waals surface area contributed by atoms with E-state index in [0.717, 1.165) is 28.6 Å². The van der Waals surface area contributed by atoms with E-state index in [2.05, 4.69) is 10.3 Å². The molecule has 0 bridgehead atoms. The van der Waals surface area contributed by atoms with Crippen LogP contribution in [0, 0.1) is 6.92 Å². The van der Waals surface area contributed by atoms with Crippen LogP contribution in [-0.2, 0) is 21.9 Å². The molecule has 0 saturated carbocycles. The van der Waals surface area contributed by atoms with Crippen molar-refractivity contribution < 1.29 is 12.8 Å². The molecule has 0 amide bonds. The van der Waals surface area contributed by atoms with Gasteiger partial charge in [0.05, 0.1) is 18.0 Å². The molecule has 0 fully saturated rings. The molecule has 1 aliphatic carbocycles. The van der Waals surface area contributed by atoms with Gasteiger partial charge in [-0.05, 0) is 49.6 Å². The normalized spacial score (nSPS) is 19.6. The van der Waals surface area contributed by atoms with E-state index in [-0.39, 0.29) is 5.75 Å². The second-order valence-corrected chi connectivity index (χ2v) is 8.90. The summed E-state index contributed by atoms with van der Waals surface area (Å²) in [6, 6.07) is 7.65. The molecule has 6 nitrogen and oxygen atoms in total. The molecule has 7 heteroatoms. The van der Waals surface area contributed by atoms with Crippen LogP contribution in [0.25, 0.3) is 6.08 Å². The summed E-state index contributed by atoms with van der Waals surface area (Å²) < 4.78 is 28.5. The summed E-state index contributed by atoms with van der Waals surface area (Å²) in [5.41, 5.74) is 7.47. The molecule has 1 aliphatic rings. The summed E-state index contributed by atoms with van der Waals surface area (Å²) in [6.07, 6.45) is 6.11. The number of nitrogens with zero attached hydrogens (tertiary/aromatic N) is 1. The smallest absolute Gasteiger partial charge is 0.147 e. The molecule has 3 rings (SSSR count). The first kappa shape index (κ1) is 17.7. The first-order valence-electron chi connectivity index (χ1n) is 8.19. The maximum absolute atomic E-state index is 11.5. The van der Waals surface area contributed by atoms with Gasteiger partial charge < -0.3 is 15.5 Å². The Kier molecular flexibility index (Phi) is 4.71. The fraction of sp³-hybridized carbons (Fsp3) is 0.389. The number of furan rings is 1. The zero-order valence-electron chi connectivity index (χ0n) is 14.5. The van der Waals surface area contributed by atoms with Gasteiger partial charge in [0, 0.05) is 11.8 Å². The highest BCUT2D eigenvalue weighted by Crippen LogP contribution is 2.34. The van der Waals surface area contributed by atoms with Crippen molar-refractivity contribution in [2.75, 3.05) is 17.3 Å². The lowest BCUT2D eigenvalue weighted by Crippen LogP contribution is -2.40. The Balaban J connectivity index is 1.76. The lowest BCUT2D eigenvalue weighted by atomic mass is 9.81. The molecule has 0 saturated heterocycles. The van der Waals surface area contributed by atoms with E-state index >= 15 is 0 Å². The highest BCUT2D eigenvalue weighted by atomic mass is 32.2. The molecule has 134 valence electrons. The molecule has 0 radical (unpaired) electrons. The first-order valence-corrected chi connectivity index (χ1v) is 10.3. The summed E-state index contributed by atoms with van der Waals surface area (Å²) >= 11 is 0. The van der Waals surface area contributed by atoms with E-state index in [0.29, 0.717) is 19.4 Å². The number of nitrogens with one attached hydrogen (secondary N) is 1. The number of rotatable bonds is 6. The highest BCUT2D eigenvalue weighted by Gasteiger charge is 2.32. The summed E-state index contributed by atoms with van der Waals surface area (Å²) in [6.45, 7) is 2.45. The lowest BCUT2D eigenvalue weighted by Gasteiger charge is -2.32. The van der Waals surface area contributed by atoms with Crippen LogP contribution in [0.1, 0.15) is 35.6 Å². The molecule has 0 aromatic carbocycles. The molecule has 25 heavy (non-hydrogen) atoms. The van der Waals surface area contributed by atoms with Gasteiger partial charge in [0.2, 0.25) is 0 Å². The van der Waals surface area contributed by atoms with E-state index in [1.807, 2.05) is 43.3 Å². The van der Waals surface area contributed by atoms with Crippen molar-refractivity contribution in [2.45, 2.75) is 31.8 Å². The topological polar surface area (TPSA) is 98.2 Å². The van der Waals surface area contributed by atoms with Gasteiger partial charge >= 0.3 is 0 Å². The molecule has 2 heterocycles. The Bertz CT molecular complexity index is 902. The molecule has 2 aromatic heterocycles. The van der Waals surface area contributed by atoms with Crippen molar-refractivity contribution in [3.63, 3.8) is 0 Å². The fourth-order valence-corrected chi connectivity index (χ4v) is 3.71. The van der Waals surface area contributed by atoms with Gasteiger partial charge in [0.15, 0.2) is 0 Å². The van der Waals surface area contributed by atoms with Crippen LogP contribution in [0.2, 0.25) is 0 Å². The Morgan fingerprint density at radius 2 is 2.12 bits per heavy atom. The van der Waals surface area contributed by atoms with Crippen LogP contribution < -0.4 is 11.1 Å². The van der Waals surface area contributed by atoms with Crippen molar-refractivity contribution in [1.29, 1.82) is 0 Å². The maximum atomic E-state index is 11.5. The van der Waals surface area contributed by atoms with Crippen molar-refractivity contribution in [3.8, 4) is 0 Å². The molecular weight excluding hydrogens is 338 g/mol. The van der Waals surface area contributed by atoms with Crippen LogP contribution in [0.15, 0.2) is 34.8 Å². The molecular formula is C18H23N3O3S. The van der Waals surface area contributed by atoms with E-state index < -0.39 is 15.4 Å². The number of nitrogens with two attached hydrogens (primary N) is 1. The molecule has 1 unspecified atom stereocenters. The molecule has 0 aliphatic heterocycles. The predicted molar refractivity (Wildman–Crippen MR) is 98.9 cm³/mol. The second-order valence-electron chi connectivity index (χ2n) is 6.64. The average Bonchev–Trinajstić information content (AvgIpc) is 2.96. The lowest BCUT2D eigenvalue weighted by molar-refractivity contribution is 0.427. The number of hydrogen-bond acceptors (Lipinski definition) is 6. The van der Waals surface area contributed by atoms with Gasteiger partial charge in [-0.2, -0.15) is 0 Å². The van der Waals surface area contributed by atoms with Gasteiger partial charge in [0.1, 0.15) is 27.2 Å². The zero-order chi connectivity index (χ0) is 18.1. The van der Waals surface area contributed by atoms with Crippen molar-refractivity contribution in [2.24, 2.45) is 5.73 Å². The summed E-state index contributed by atoms with van der Waals surface area (Å²) in [7, 11) is -3.06. The minimum atomic E-state index is -3.06. The number of sulfone groups is 1. The molecule has 1 atom stereocenters. The van der Waals surface area contributed by atoms with Crippen LogP contribution in [0.5, 0.6) is 0 Å². The summed E-state index contributed by atoms with van der Waals surface area (Å²) in [4.78, 5) is 4.61. The first-order chi connectivity index (χ1) is 11.8. The van der Waals surface area contributed by atoms with Gasteiger partial charge in [-0.3, -0.25) is 0 Å². The molecule has 3 N–H and O–H groups in total. The van der Waals surface area contributed by atoms with Gasteiger partial charge in [-0.15, -0.1) is 0 Å². The SMILES string of the molecule is Cc1ccc(CNc2ccc3c(n2)C=CCC3(N)CCS(C)(=O)=O)o1. The standard InChI is InChI=1S/C18H23N3O3S/c1-13-5-6-14(24-13)12-20-17-8-7-15-16(21-17)4-3-9-18(15,19)10-11-25(2,22)23/h3-8H,9-12,19H2,1-2H3,(H,20,21). The fourth-order valence-electron chi connectivity index (χ4n) is 2.97. The van der Waals surface area contributed by atoms with Crippen LogP contribution in [-0.4, -0.2) is 25.4 Å². The average molecular weight is 361 g/mol. The maximum Gasteiger partial charge on any atom is 0.147 e. The monoisotopic (exact) mass is 361 g/mol. The van der Waals surface area contributed by atoms with Crippen LogP contribution >= 0.6 is 0 Å². The predicted octanol–water partition coefficient (Wildman–Crippen LogP) is 2.60. The number of fused-ring (bicyclic) bond motifs is 1. The Hall–Kier alpha value is -2.12. The van der Waals surface area contributed by atoms with Crippen molar-refractivity contribution >= 4 is 21.7 Å². The third kappa shape index (κ3) is 4.29. The zero-order valence-corrected chi connectivity index (χ0v) is 15.3. The molecule has 2 aromatic rings. The van der Waals surface area contributed by atoms with Gasteiger partial charge in [-0.1, -0.05) is 12.1 Å². The van der Waals surface area contributed by atoms with Gasteiger partial charge in [-0.25, -0.2) is 13.4 Å². The van der Waals surface area contributed by atoms with Crippen LogP contribution in [0.4, 0.5) is 5.82 Å². The number of anilines is 1. The van der Waals surface area contributed by atoms with Crippen LogP contribution in [0.3, 0.4) is 0 Å². The largest absolute Gasteiger partial charge is 0.465 e. The Morgan fingerprint density at radius 3 is 2.80 bits per heavy atom. The van der Waals surface area contributed by atoms with E-state index in [1.165, 1.54) is 6.26 Å². The van der Waals surface area contributed by atoms with Gasteiger partial charge in [0.25, 0.3) is 0 Å². The number of pyridine rings is 1. The Morgan fingerprint density at radius 1 is 1.32 bits per heavy atom. The van der Waals surface area contributed by atoms with Crippen molar-refractivity contribution in [1.82, 2.24) is 4.98 Å². The summed E-state index contributed by atoms with van der Waals surface area (Å²) in [5, 5.41) is 3.23. The minimum absolute atomic E-state index is 0.0641. The Labute approximate surface area is 148 Å². The minimum Gasteiger partial charge on any atom is -0.465 e. The van der Waals surface area contributed by atoms with E-state index in [9.17, 15) is 8.42 Å². The number of aromatic nitrogens is 1. The van der Waals surface area contributed by atoms with Crippen molar-refractivity contribution in [3.05, 3.63) is 53.1 Å². The number of hydrogen-bond donors (Lipinski definition) is 2. The molecule has 0 spiro atoms. The quantitative estimate of drug-likeness (QED) is 0.821. The number of aryl methyl sites for hydroxylation is 1. The second kappa shape index (κ2) is 6.65. The van der Waals surface area contributed by atoms with E-state index in [1.54, 1.807) is 0 Å².